The van der Waals surface area contributed by atoms with Crippen LogP contribution in [0.4, 0.5) is 0 Å². The molecule has 9 heteroatoms. The van der Waals surface area contributed by atoms with Crippen LogP contribution in [0, 0.1) is 0 Å². The van der Waals surface area contributed by atoms with Crippen molar-refractivity contribution in [1.29, 1.82) is 0 Å². The zero-order valence-corrected chi connectivity index (χ0v) is 44.7. The Bertz CT molecular complexity index is 1010. The van der Waals surface area contributed by atoms with E-state index in [9.17, 15) is 19.4 Å². The number of amides is 1. The minimum atomic E-state index is -4.56. The van der Waals surface area contributed by atoms with Gasteiger partial charge in [0.25, 0.3) is 7.82 Å². The van der Waals surface area contributed by atoms with E-state index < -0.39 is 20.0 Å². The molecular weight excluding hydrogens is 816 g/mol. The van der Waals surface area contributed by atoms with Crippen LogP contribution in [0.1, 0.15) is 296 Å². The average Bonchev–Trinajstić information content (AvgIpc) is 3.25. The van der Waals surface area contributed by atoms with Crippen molar-refractivity contribution in [2.24, 2.45) is 0 Å². The number of carbonyl (C=O) groups excluding carboxylic acids is 1. The van der Waals surface area contributed by atoms with Gasteiger partial charge in [-0.05, 0) is 12.8 Å². The van der Waals surface area contributed by atoms with Crippen LogP contribution in [-0.2, 0) is 18.4 Å². The summed E-state index contributed by atoms with van der Waals surface area (Å²) in [5, 5.41) is 14.0. The first kappa shape index (κ1) is 63.5. The lowest BCUT2D eigenvalue weighted by molar-refractivity contribution is -0.870. The molecule has 0 fully saturated rings. The maximum atomic E-state index is 13.0. The summed E-state index contributed by atoms with van der Waals surface area (Å²) < 4.78 is 23.4. The molecule has 1 unspecified atom stereocenters. The lowest BCUT2D eigenvalue weighted by Gasteiger charge is -2.30. The largest absolute Gasteiger partial charge is 0.756 e. The number of aliphatic hydroxyl groups is 1. The van der Waals surface area contributed by atoms with Gasteiger partial charge < -0.3 is 28.8 Å². The second-order valence-electron chi connectivity index (χ2n) is 21.0. The van der Waals surface area contributed by atoms with Crippen LogP contribution in [0.25, 0.3) is 0 Å². The third kappa shape index (κ3) is 49.4. The molecule has 0 aliphatic heterocycles. The maximum absolute atomic E-state index is 13.0. The van der Waals surface area contributed by atoms with Gasteiger partial charge in [0.05, 0.1) is 39.9 Å². The molecule has 64 heavy (non-hydrogen) atoms. The van der Waals surface area contributed by atoms with Crippen molar-refractivity contribution in [2.75, 3.05) is 40.9 Å². The van der Waals surface area contributed by atoms with E-state index in [1.807, 2.05) is 21.1 Å². The smallest absolute Gasteiger partial charge is 0.268 e. The van der Waals surface area contributed by atoms with E-state index in [0.717, 1.165) is 38.5 Å². The molecule has 384 valence electrons. The quantitative estimate of drug-likeness (QED) is 0.0357. The molecule has 0 aliphatic rings. The van der Waals surface area contributed by atoms with Crippen LogP contribution in [0.3, 0.4) is 0 Å². The van der Waals surface area contributed by atoms with Crippen molar-refractivity contribution in [1.82, 2.24) is 5.32 Å². The Kier molecular flexibility index (Phi) is 47.2. The Morgan fingerprint density at radius 2 is 0.766 bits per heavy atom. The number of rotatable bonds is 53. The predicted octanol–water partition coefficient (Wildman–Crippen LogP) is 16.2. The molecule has 0 heterocycles. The number of hydrogen-bond acceptors (Lipinski definition) is 6. The van der Waals surface area contributed by atoms with Gasteiger partial charge in [0.1, 0.15) is 13.2 Å². The minimum absolute atomic E-state index is 0.0165. The lowest BCUT2D eigenvalue weighted by Crippen LogP contribution is -2.46. The predicted molar refractivity (Wildman–Crippen MR) is 275 cm³/mol. The number of quaternary nitrogens is 1. The van der Waals surface area contributed by atoms with E-state index >= 15 is 0 Å². The molecule has 0 aliphatic carbocycles. The molecule has 8 nitrogen and oxygen atoms in total. The summed E-state index contributed by atoms with van der Waals surface area (Å²) in [5.41, 5.74) is 0. The molecule has 0 aromatic carbocycles. The van der Waals surface area contributed by atoms with Crippen LogP contribution in [-0.4, -0.2) is 68.5 Å². The number of hydrogen-bond donors (Lipinski definition) is 2. The topological polar surface area (TPSA) is 108 Å². The molecule has 0 radical (unpaired) electrons. The molecule has 0 aromatic heterocycles. The minimum Gasteiger partial charge on any atom is -0.756 e. The monoisotopic (exact) mass is 929 g/mol. The van der Waals surface area contributed by atoms with Gasteiger partial charge in [0.15, 0.2) is 0 Å². The van der Waals surface area contributed by atoms with Gasteiger partial charge in [-0.25, -0.2) is 0 Å². The van der Waals surface area contributed by atoms with Crippen molar-refractivity contribution in [3.63, 3.8) is 0 Å². The molecule has 0 saturated carbocycles. The summed E-state index contributed by atoms with van der Waals surface area (Å²) in [4.78, 5) is 25.5. The van der Waals surface area contributed by atoms with Gasteiger partial charge in [0.2, 0.25) is 5.91 Å². The first-order valence-electron chi connectivity index (χ1n) is 28.4. The number of nitrogens with zero attached hydrogens (tertiary/aromatic N) is 1. The number of phosphoric ester groups is 1. The molecule has 0 aromatic rings. The van der Waals surface area contributed by atoms with E-state index in [0.29, 0.717) is 23.9 Å². The molecule has 0 bridgehead atoms. The fourth-order valence-electron chi connectivity index (χ4n) is 8.87. The highest BCUT2D eigenvalue weighted by Gasteiger charge is 2.24. The Balaban J connectivity index is 4.06. The number of phosphoric acid groups is 1. The first-order valence-corrected chi connectivity index (χ1v) is 29.8. The van der Waals surface area contributed by atoms with Crippen molar-refractivity contribution in [3.05, 3.63) is 0 Å². The van der Waals surface area contributed by atoms with Crippen LogP contribution >= 0.6 is 7.82 Å². The highest BCUT2D eigenvalue weighted by Crippen LogP contribution is 2.38. The van der Waals surface area contributed by atoms with E-state index in [4.69, 9.17) is 9.05 Å². The van der Waals surface area contributed by atoms with E-state index in [1.54, 1.807) is 0 Å². The number of unbranched alkanes of at least 4 members (excludes halogenated alkanes) is 40. The third-order valence-electron chi connectivity index (χ3n) is 13.3. The Morgan fingerprint density at radius 1 is 0.484 bits per heavy atom. The molecule has 0 rings (SSSR count). The number of aliphatic hydroxyl groups excluding tert-OH is 1. The normalized spacial score (nSPS) is 13.9. The third-order valence-corrected chi connectivity index (χ3v) is 14.3. The number of likely N-dealkylation sites (N-methyl/N-ethyl adjacent to an activating group) is 1. The van der Waals surface area contributed by atoms with Gasteiger partial charge in [-0.15, -0.1) is 0 Å². The highest BCUT2D eigenvalue weighted by atomic mass is 31.2. The van der Waals surface area contributed by atoms with Crippen LogP contribution in [0.2, 0.25) is 0 Å². The van der Waals surface area contributed by atoms with Crippen LogP contribution in [0.15, 0.2) is 0 Å². The van der Waals surface area contributed by atoms with Crippen molar-refractivity contribution < 1.29 is 32.9 Å². The summed E-state index contributed by atoms with van der Waals surface area (Å²) in [7, 11) is 1.32. The van der Waals surface area contributed by atoms with Crippen LogP contribution < -0.4 is 10.2 Å². The Labute approximate surface area is 399 Å². The summed E-state index contributed by atoms with van der Waals surface area (Å²) >= 11 is 0. The van der Waals surface area contributed by atoms with Gasteiger partial charge >= 0.3 is 0 Å². The lowest BCUT2D eigenvalue weighted by atomic mass is 10.0. The SMILES string of the molecule is CCCCCCCCCCCCCCCCCCCCCCCCCCCCCC(=O)N[C@@H](COP(=O)([O-])OCC[N+](C)(C)C)[C@H](O)CCCCCCCCCCCCCCCCC. The van der Waals surface area contributed by atoms with Gasteiger partial charge in [-0.1, -0.05) is 277 Å². The number of carbonyl (C=O) groups is 1. The van der Waals surface area contributed by atoms with Crippen molar-refractivity contribution in [3.8, 4) is 0 Å². The molecule has 0 saturated heterocycles. The Morgan fingerprint density at radius 3 is 1.06 bits per heavy atom. The average molecular weight is 929 g/mol. The van der Waals surface area contributed by atoms with Gasteiger partial charge in [0, 0.05) is 6.42 Å². The highest BCUT2D eigenvalue weighted by molar-refractivity contribution is 7.45. The second kappa shape index (κ2) is 47.6. The molecule has 0 spiro atoms. The summed E-state index contributed by atoms with van der Waals surface area (Å²) in [6, 6.07) is -0.794. The zero-order valence-electron chi connectivity index (χ0n) is 43.8. The molecule has 2 N–H and O–H groups in total. The molecule has 1 amide bonds. The van der Waals surface area contributed by atoms with E-state index in [-0.39, 0.29) is 19.1 Å². The van der Waals surface area contributed by atoms with Crippen molar-refractivity contribution in [2.45, 2.75) is 309 Å². The first-order chi connectivity index (χ1) is 31.0. The van der Waals surface area contributed by atoms with Gasteiger partial charge in [-0.2, -0.15) is 0 Å². The Hall–Kier alpha value is -0.500. The van der Waals surface area contributed by atoms with Crippen molar-refractivity contribution >= 4 is 13.7 Å². The fourth-order valence-corrected chi connectivity index (χ4v) is 9.59. The standard InChI is InChI=1S/C55H113N2O6P/c1-6-8-10-12-14-16-18-20-22-23-24-25-26-27-28-29-30-31-32-33-35-37-39-41-43-45-47-49-55(59)56-53(52-63-64(60,61)62-51-50-57(3,4)5)54(58)48-46-44-42-40-38-36-34-21-19-17-15-13-11-9-7-2/h53-54,58H,6-52H2,1-5H3,(H-,56,59,60,61)/t53-,54+/m0/s1. The summed E-state index contributed by atoms with van der Waals surface area (Å²) in [6.07, 6.45) is 55.6. The number of nitrogens with one attached hydrogen (secondary N) is 1. The molecule has 3 atom stereocenters. The maximum Gasteiger partial charge on any atom is 0.268 e. The molecular formula is C55H113N2O6P. The zero-order chi connectivity index (χ0) is 47.1. The van der Waals surface area contributed by atoms with E-state index in [2.05, 4.69) is 19.2 Å². The summed E-state index contributed by atoms with van der Waals surface area (Å²) in [5.74, 6) is -0.157. The second-order valence-corrected chi connectivity index (χ2v) is 22.4. The van der Waals surface area contributed by atoms with E-state index in [1.165, 1.54) is 231 Å². The fraction of sp³-hybridized carbons (Fsp3) is 0.982. The summed E-state index contributed by atoms with van der Waals surface area (Å²) in [6.45, 7) is 4.77. The van der Waals surface area contributed by atoms with Crippen LogP contribution in [0.5, 0.6) is 0 Å². The van der Waals surface area contributed by atoms with Gasteiger partial charge in [-0.3, -0.25) is 9.36 Å².